The molecule has 0 aromatic heterocycles. The minimum atomic E-state index is -1.19. The van der Waals surface area contributed by atoms with E-state index in [9.17, 15) is 9.18 Å². The Morgan fingerprint density at radius 3 is 2.74 bits per heavy atom. The maximum Gasteiger partial charge on any atom is 0.219 e. The fraction of sp³-hybridized carbons (Fsp3) is 0.421. The highest BCUT2D eigenvalue weighted by molar-refractivity contribution is 5.99. The molecule has 1 aliphatic carbocycles. The first-order valence-corrected chi connectivity index (χ1v) is 8.86. The van der Waals surface area contributed by atoms with Crippen molar-refractivity contribution in [2.24, 2.45) is 0 Å². The Labute approximate surface area is 159 Å². The molecule has 0 radical (unpaired) electrons. The fourth-order valence-corrected chi connectivity index (χ4v) is 3.15. The number of hydrogen-bond acceptors (Lipinski definition) is 5. The third kappa shape index (κ3) is 4.84. The summed E-state index contributed by atoms with van der Waals surface area (Å²) in [6.45, 7) is 2.50. The lowest BCUT2D eigenvalue weighted by molar-refractivity contribution is -0.128. The molecule has 2 aliphatic rings. The van der Waals surface area contributed by atoms with Crippen molar-refractivity contribution < 1.29 is 9.18 Å². The van der Waals surface area contributed by atoms with E-state index in [1.165, 1.54) is 6.92 Å². The average molecular weight is 374 g/mol. The first-order chi connectivity index (χ1) is 12.9. The average Bonchev–Trinajstić information content (AvgIpc) is 2.67. The van der Waals surface area contributed by atoms with Crippen molar-refractivity contribution in [2.45, 2.75) is 25.9 Å². The normalized spacial score (nSPS) is 20.5. The summed E-state index contributed by atoms with van der Waals surface area (Å²) in [6, 6.07) is 0. The monoisotopic (exact) mass is 374 g/mol. The molecule has 1 aliphatic heterocycles. The maximum absolute atomic E-state index is 14.3. The van der Waals surface area contributed by atoms with Crippen molar-refractivity contribution in [3.05, 3.63) is 46.5 Å². The summed E-state index contributed by atoms with van der Waals surface area (Å²) < 4.78 is 14.3. The van der Waals surface area contributed by atoms with E-state index in [4.69, 9.17) is 10.8 Å². The zero-order valence-electron chi connectivity index (χ0n) is 15.9. The third-order valence-electron chi connectivity index (χ3n) is 4.65. The standard InChI is InChI=1S/C19H27FN6O/c1-12(27)26-7-6-18(24-3)16(11-26)19(22)25-14-4-5-17(20)15(8-14)13(9-21)10-23-2/h4,8-10,17,21,23-24H,5-7,11H2,1-3H3,(H2,22,25)/b13-10+,21-9?. The summed E-state index contributed by atoms with van der Waals surface area (Å²) in [5.41, 5.74) is 3.10. The number of hydrogen-bond donors (Lipinski definition) is 5. The van der Waals surface area contributed by atoms with Gasteiger partial charge in [-0.15, -0.1) is 0 Å². The predicted octanol–water partition coefficient (Wildman–Crippen LogP) is 1.58. The Bertz CT molecular complexity index is 749. The van der Waals surface area contributed by atoms with Crippen LogP contribution in [0.25, 0.3) is 0 Å². The predicted molar refractivity (Wildman–Crippen MR) is 105 cm³/mol. The van der Waals surface area contributed by atoms with Crippen LogP contribution in [0.5, 0.6) is 0 Å². The number of nitrogens with zero attached hydrogens (tertiary/aromatic N) is 1. The quantitative estimate of drug-likeness (QED) is 0.360. The molecule has 5 N–H and O–H groups in total. The molecule has 0 aromatic carbocycles. The van der Waals surface area contributed by atoms with Gasteiger partial charge in [-0.25, -0.2) is 4.39 Å². The van der Waals surface area contributed by atoms with Crippen molar-refractivity contribution in [1.82, 2.24) is 20.9 Å². The SMILES string of the molecule is CN/C=C(\C=N)C1=CC(NC(=N)C2=C(NC)CCN(C(C)=O)C2)=CCC1F. The molecule has 2 rings (SSSR count). The molecule has 1 unspecified atom stereocenters. The largest absolute Gasteiger partial charge is 0.393 e. The van der Waals surface area contributed by atoms with Gasteiger partial charge in [-0.3, -0.25) is 10.2 Å². The summed E-state index contributed by atoms with van der Waals surface area (Å²) in [7, 11) is 3.50. The number of amides is 1. The van der Waals surface area contributed by atoms with Crippen LogP contribution >= 0.6 is 0 Å². The van der Waals surface area contributed by atoms with Crippen LogP contribution in [0.1, 0.15) is 19.8 Å². The van der Waals surface area contributed by atoms with Crippen LogP contribution in [0.15, 0.2) is 46.5 Å². The van der Waals surface area contributed by atoms with Gasteiger partial charge in [-0.2, -0.15) is 0 Å². The molecule has 0 saturated carbocycles. The van der Waals surface area contributed by atoms with E-state index in [1.54, 1.807) is 37.3 Å². The van der Waals surface area contributed by atoms with E-state index in [0.29, 0.717) is 36.4 Å². The van der Waals surface area contributed by atoms with E-state index in [-0.39, 0.29) is 18.2 Å². The number of nitrogens with one attached hydrogen (secondary N) is 5. The van der Waals surface area contributed by atoms with Crippen LogP contribution in [-0.4, -0.2) is 56.2 Å². The highest BCUT2D eigenvalue weighted by Crippen LogP contribution is 2.25. The van der Waals surface area contributed by atoms with Gasteiger partial charge in [0.1, 0.15) is 12.0 Å². The van der Waals surface area contributed by atoms with Crippen molar-refractivity contribution in [3.63, 3.8) is 0 Å². The van der Waals surface area contributed by atoms with E-state index in [1.807, 2.05) is 0 Å². The van der Waals surface area contributed by atoms with Crippen molar-refractivity contribution >= 4 is 18.0 Å². The molecule has 1 heterocycles. The van der Waals surface area contributed by atoms with Gasteiger partial charge in [0, 0.05) is 75.4 Å². The van der Waals surface area contributed by atoms with Crippen LogP contribution in [0, 0.1) is 10.8 Å². The number of carbonyl (C=O) groups is 1. The smallest absolute Gasteiger partial charge is 0.219 e. The third-order valence-corrected chi connectivity index (χ3v) is 4.65. The fourth-order valence-electron chi connectivity index (χ4n) is 3.15. The van der Waals surface area contributed by atoms with Gasteiger partial charge in [0.2, 0.25) is 5.91 Å². The van der Waals surface area contributed by atoms with Crippen LogP contribution in [-0.2, 0) is 4.79 Å². The summed E-state index contributed by atoms with van der Waals surface area (Å²) in [5, 5.41) is 24.9. The lowest BCUT2D eigenvalue weighted by Gasteiger charge is -2.31. The molecule has 7 nitrogen and oxygen atoms in total. The van der Waals surface area contributed by atoms with Gasteiger partial charge >= 0.3 is 0 Å². The molecule has 0 fully saturated rings. The minimum absolute atomic E-state index is 0.0254. The molecular formula is C19H27FN6O. The second-order valence-electron chi connectivity index (χ2n) is 6.39. The Hall–Kier alpha value is -2.90. The van der Waals surface area contributed by atoms with E-state index in [2.05, 4.69) is 16.0 Å². The number of amidine groups is 1. The van der Waals surface area contributed by atoms with Gasteiger partial charge < -0.3 is 26.3 Å². The summed E-state index contributed by atoms with van der Waals surface area (Å²) in [4.78, 5) is 13.4. The van der Waals surface area contributed by atoms with Crippen LogP contribution in [0.3, 0.4) is 0 Å². The Morgan fingerprint density at radius 2 is 2.15 bits per heavy atom. The second-order valence-corrected chi connectivity index (χ2v) is 6.39. The molecule has 27 heavy (non-hydrogen) atoms. The van der Waals surface area contributed by atoms with Crippen molar-refractivity contribution in [1.29, 1.82) is 10.8 Å². The van der Waals surface area contributed by atoms with Crippen LogP contribution in [0.4, 0.5) is 4.39 Å². The van der Waals surface area contributed by atoms with Crippen molar-refractivity contribution in [2.75, 3.05) is 27.2 Å². The second kappa shape index (κ2) is 9.16. The summed E-state index contributed by atoms with van der Waals surface area (Å²) >= 11 is 0. The minimum Gasteiger partial charge on any atom is -0.393 e. The highest BCUT2D eigenvalue weighted by atomic mass is 19.1. The van der Waals surface area contributed by atoms with Gasteiger partial charge in [0.25, 0.3) is 0 Å². The number of allylic oxidation sites excluding steroid dienone is 4. The number of halogens is 1. The van der Waals surface area contributed by atoms with E-state index >= 15 is 0 Å². The molecule has 0 spiro atoms. The highest BCUT2D eigenvalue weighted by Gasteiger charge is 2.25. The first kappa shape index (κ1) is 20.4. The van der Waals surface area contributed by atoms with Crippen LogP contribution < -0.4 is 16.0 Å². The summed E-state index contributed by atoms with van der Waals surface area (Å²) in [6.07, 6.45) is 5.65. The molecule has 0 aromatic rings. The first-order valence-electron chi connectivity index (χ1n) is 8.86. The lowest BCUT2D eigenvalue weighted by atomic mass is 9.94. The maximum atomic E-state index is 14.3. The zero-order valence-corrected chi connectivity index (χ0v) is 15.9. The van der Waals surface area contributed by atoms with E-state index in [0.717, 1.165) is 17.5 Å². The topological polar surface area (TPSA) is 104 Å². The molecule has 0 saturated heterocycles. The molecule has 8 heteroatoms. The lowest BCUT2D eigenvalue weighted by Crippen LogP contribution is -2.41. The van der Waals surface area contributed by atoms with Gasteiger partial charge in [0.15, 0.2) is 0 Å². The van der Waals surface area contributed by atoms with Gasteiger partial charge in [0.05, 0.1) is 6.54 Å². The number of carbonyl (C=O) groups excluding carboxylic acids is 1. The zero-order chi connectivity index (χ0) is 20.0. The Kier molecular flexibility index (Phi) is 6.92. The molecular weight excluding hydrogens is 347 g/mol. The number of alkyl halides is 1. The Morgan fingerprint density at radius 1 is 1.41 bits per heavy atom. The molecule has 1 atom stereocenters. The van der Waals surface area contributed by atoms with E-state index < -0.39 is 6.17 Å². The van der Waals surface area contributed by atoms with Crippen LogP contribution in [0.2, 0.25) is 0 Å². The van der Waals surface area contributed by atoms with Gasteiger partial charge in [-0.1, -0.05) is 6.08 Å². The molecule has 146 valence electrons. The summed E-state index contributed by atoms with van der Waals surface area (Å²) in [5.74, 6) is 0.154. The molecule has 1 amide bonds. The van der Waals surface area contributed by atoms with Crippen molar-refractivity contribution in [3.8, 4) is 0 Å². The van der Waals surface area contributed by atoms with Gasteiger partial charge in [-0.05, 0) is 11.6 Å². The molecule has 0 bridgehead atoms. The number of rotatable bonds is 6. The Balaban J connectivity index is 2.22.